The van der Waals surface area contributed by atoms with Gasteiger partial charge in [-0.25, -0.2) is 0 Å². The number of methoxy groups -OCH3 is 1. The Morgan fingerprint density at radius 2 is 2.17 bits per heavy atom. The van der Waals surface area contributed by atoms with Gasteiger partial charge in [-0.2, -0.15) is 0 Å². The first kappa shape index (κ1) is 17.9. The Kier molecular flexibility index (Phi) is 7.02. The summed E-state index contributed by atoms with van der Waals surface area (Å²) in [5.74, 6) is 0.0678. The van der Waals surface area contributed by atoms with Crippen LogP contribution in [0.2, 0.25) is 0 Å². The molecule has 23 heavy (non-hydrogen) atoms. The lowest BCUT2D eigenvalue weighted by Crippen LogP contribution is -2.44. The summed E-state index contributed by atoms with van der Waals surface area (Å²) in [6.45, 7) is 3.76. The molecule has 1 aliphatic heterocycles. The van der Waals surface area contributed by atoms with Gasteiger partial charge in [0.15, 0.2) is 0 Å². The third kappa shape index (κ3) is 5.03. The molecule has 1 aromatic rings. The molecule has 2 rings (SSSR count). The van der Waals surface area contributed by atoms with Gasteiger partial charge >= 0.3 is 0 Å². The molecule has 128 valence electrons. The van der Waals surface area contributed by atoms with E-state index in [4.69, 9.17) is 4.74 Å². The van der Waals surface area contributed by atoms with Gasteiger partial charge in [-0.3, -0.25) is 9.69 Å². The monoisotopic (exact) mass is 320 g/mol. The molecule has 1 heterocycles. The van der Waals surface area contributed by atoms with Crippen molar-refractivity contribution in [3.63, 3.8) is 0 Å². The van der Waals surface area contributed by atoms with Gasteiger partial charge in [0.25, 0.3) is 0 Å². The summed E-state index contributed by atoms with van der Waals surface area (Å²) >= 11 is 0. The van der Waals surface area contributed by atoms with Gasteiger partial charge in [0.05, 0.1) is 5.41 Å². The molecule has 0 bridgehead atoms. The first-order valence-corrected chi connectivity index (χ1v) is 8.34. The van der Waals surface area contributed by atoms with Crippen LogP contribution in [0.4, 0.5) is 0 Å². The van der Waals surface area contributed by atoms with Crippen molar-refractivity contribution in [3.05, 3.63) is 35.9 Å². The number of carbonyl (C=O) groups is 1. The van der Waals surface area contributed by atoms with E-state index in [1.165, 1.54) is 5.56 Å². The molecule has 5 heteroatoms. The maximum absolute atomic E-state index is 12.6. The van der Waals surface area contributed by atoms with E-state index in [1.807, 2.05) is 18.2 Å². The third-order valence-corrected chi connectivity index (χ3v) is 4.56. The van der Waals surface area contributed by atoms with Crippen molar-refractivity contribution in [1.29, 1.82) is 0 Å². The van der Waals surface area contributed by atoms with Crippen LogP contribution in [0, 0.1) is 5.41 Å². The van der Waals surface area contributed by atoms with E-state index in [0.29, 0.717) is 26.1 Å². The third-order valence-electron chi connectivity index (χ3n) is 4.56. The van der Waals surface area contributed by atoms with Crippen molar-refractivity contribution < 1.29 is 14.6 Å². The Hall–Kier alpha value is -1.43. The van der Waals surface area contributed by atoms with Crippen LogP contribution in [-0.4, -0.2) is 55.9 Å². The molecule has 0 spiro atoms. The van der Waals surface area contributed by atoms with E-state index >= 15 is 0 Å². The highest BCUT2D eigenvalue weighted by Gasteiger charge is 2.43. The normalized spacial score (nSPS) is 21.5. The first-order chi connectivity index (χ1) is 11.2. The van der Waals surface area contributed by atoms with Gasteiger partial charge in [0.1, 0.15) is 0 Å². The fourth-order valence-corrected chi connectivity index (χ4v) is 3.26. The van der Waals surface area contributed by atoms with E-state index in [2.05, 4.69) is 22.3 Å². The maximum Gasteiger partial charge on any atom is 0.227 e. The summed E-state index contributed by atoms with van der Waals surface area (Å²) in [5.41, 5.74) is 0.796. The Bertz CT molecular complexity index is 480. The van der Waals surface area contributed by atoms with Crippen molar-refractivity contribution in [1.82, 2.24) is 10.2 Å². The highest BCUT2D eigenvalue weighted by atomic mass is 16.5. The van der Waals surface area contributed by atoms with Crippen molar-refractivity contribution in [2.45, 2.75) is 25.8 Å². The minimum Gasteiger partial charge on any atom is -0.396 e. The van der Waals surface area contributed by atoms with E-state index in [-0.39, 0.29) is 12.5 Å². The number of hydrogen-bond donors (Lipinski definition) is 2. The van der Waals surface area contributed by atoms with Crippen LogP contribution in [0.25, 0.3) is 0 Å². The zero-order valence-electron chi connectivity index (χ0n) is 14.0. The second kappa shape index (κ2) is 9.01. The average molecular weight is 320 g/mol. The Morgan fingerprint density at radius 3 is 2.87 bits per heavy atom. The van der Waals surface area contributed by atoms with Crippen molar-refractivity contribution >= 4 is 5.91 Å². The Balaban J connectivity index is 1.91. The van der Waals surface area contributed by atoms with Crippen LogP contribution >= 0.6 is 0 Å². The zero-order valence-corrected chi connectivity index (χ0v) is 14.0. The molecule has 1 atom stereocenters. The molecule has 0 aromatic heterocycles. The number of nitrogens with zero attached hydrogens (tertiary/aromatic N) is 1. The summed E-state index contributed by atoms with van der Waals surface area (Å²) in [6.07, 6.45) is 2.14. The molecule has 0 saturated carbocycles. The molecule has 0 radical (unpaired) electrons. The minimum absolute atomic E-state index is 0.0463. The van der Waals surface area contributed by atoms with E-state index in [0.717, 1.165) is 25.9 Å². The molecule has 1 unspecified atom stereocenters. The molecule has 5 nitrogen and oxygen atoms in total. The van der Waals surface area contributed by atoms with Crippen LogP contribution in [0.1, 0.15) is 24.8 Å². The van der Waals surface area contributed by atoms with Crippen molar-refractivity contribution in [3.8, 4) is 0 Å². The number of carbonyl (C=O) groups excluding carboxylic acids is 1. The van der Waals surface area contributed by atoms with Crippen LogP contribution in [0.5, 0.6) is 0 Å². The number of nitrogens with one attached hydrogen (secondary N) is 1. The number of aliphatic hydroxyl groups is 1. The van der Waals surface area contributed by atoms with Crippen LogP contribution in [-0.2, 0) is 16.1 Å². The number of likely N-dealkylation sites (tertiary alicyclic amines) is 1. The van der Waals surface area contributed by atoms with Gasteiger partial charge in [-0.05, 0) is 31.4 Å². The fourth-order valence-electron chi connectivity index (χ4n) is 3.26. The number of rotatable bonds is 9. The average Bonchev–Trinajstić information content (AvgIpc) is 2.97. The number of aliphatic hydroxyl groups excluding tert-OH is 1. The van der Waals surface area contributed by atoms with Gasteiger partial charge in [-0.1, -0.05) is 30.3 Å². The molecule has 1 aromatic carbocycles. The van der Waals surface area contributed by atoms with Gasteiger partial charge in [0, 0.05) is 40.0 Å². The lowest BCUT2D eigenvalue weighted by molar-refractivity contribution is -0.131. The molecular formula is C18H28N2O3. The predicted octanol–water partition coefficient (Wildman–Crippen LogP) is 1.41. The highest BCUT2D eigenvalue weighted by Crippen LogP contribution is 2.35. The van der Waals surface area contributed by atoms with Gasteiger partial charge in [0.2, 0.25) is 5.91 Å². The Morgan fingerprint density at radius 1 is 1.39 bits per heavy atom. The fraction of sp³-hybridized carbons (Fsp3) is 0.611. The van der Waals surface area contributed by atoms with Crippen LogP contribution in [0.15, 0.2) is 30.3 Å². The van der Waals surface area contributed by atoms with Crippen LogP contribution in [0.3, 0.4) is 0 Å². The first-order valence-electron chi connectivity index (χ1n) is 8.34. The largest absolute Gasteiger partial charge is 0.396 e. The number of amides is 1. The Labute approximate surface area is 138 Å². The minimum atomic E-state index is -0.462. The molecule has 2 N–H and O–H groups in total. The molecule has 1 aliphatic rings. The summed E-state index contributed by atoms with van der Waals surface area (Å²) in [4.78, 5) is 14.9. The smallest absolute Gasteiger partial charge is 0.227 e. The highest BCUT2D eigenvalue weighted by molar-refractivity contribution is 5.83. The quantitative estimate of drug-likeness (QED) is 0.676. The summed E-state index contributed by atoms with van der Waals surface area (Å²) in [7, 11) is 1.66. The van der Waals surface area contributed by atoms with E-state index < -0.39 is 5.41 Å². The summed E-state index contributed by atoms with van der Waals surface area (Å²) in [6, 6.07) is 10.3. The lowest BCUT2D eigenvalue weighted by Gasteiger charge is -2.27. The topological polar surface area (TPSA) is 61.8 Å². The second-order valence-corrected chi connectivity index (χ2v) is 6.30. The molecular weight excluding hydrogens is 292 g/mol. The molecule has 1 fully saturated rings. The maximum atomic E-state index is 12.6. The van der Waals surface area contributed by atoms with Crippen molar-refractivity contribution in [2.24, 2.45) is 5.41 Å². The number of ether oxygens (including phenoxy) is 1. The van der Waals surface area contributed by atoms with Gasteiger partial charge in [-0.15, -0.1) is 0 Å². The number of hydrogen-bond acceptors (Lipinski definition) is 4. The zero-order chi connectivity index (χ0) is 16.5. The summed E-state index contributed by atoms with van der Waals surface area (Å²) in [5, 5.41) is 12.4. The van der Waals surface area contributed by atoms with Crippen molar-refractivity contribution in [2.75, 3.05) is 40.0 Å². The second-order valence-electron chi connectivity index (χ2n) is 6.30. The standard InChI is InChI=1S/C18H28N2O3/c1-23-13-5-10-19-17(22)18(9-12-21)8-11-20(15-18)14-16-6-3-2-4-7-16/h2-4,6-7,21H,5,8-15H2,1H3,(H,19,22). The van der Waals surface area contributed by atoms with Crippen LogP contribution < -0.4 is 5.32 Å². The van der Waals surface area contributed by atoms with E-state index in [9.17, 15) is 9.90 Å². The van der Waals surface area contributed by atoms with Gasteiger partial charge < -0.3 is 15.2 Å². The molecule has 0 aliphatic carbocycles. The predicted molar refractivity (Wildman–Crippen MR) is 90.0 cm³/mol. The SMILES string of the molecule is COCCCNC(=O)C1(CCO)CCN(Cc2ccccc2)C1. The molecule has 1 saturated heterocycles. The lowest BCUT2D eigenvalue weighted by atomic mass is 9.82. The summed E-state index contributed by atoms with van der Waals surface area (Å²) < 4.78 is 5.01. The number of benzene rings is 1. The molecule has 1 amide bonds. The van der Waals surface area contributed by atoms with E-state index in [1.54, 1.807) is 7.11 Å².